The molecule has 18 heteroatoms. The van der Waals surface area contributed by atoms with Gasteiger partial charge >= 0.3 is 30.3 Å². The van der Waals surface area contributed by atoms with Crippen molar-refractivity contribution in [2.45, 2.75) is 102 Å². The van der Waals surface area contributed by atoms with E-state index >= 15 is 0 Å². The van der Waals surface area contributed by atoms with Crippen LogP contribution in [0, 0.1) is 0 Å². The van der Waals surface area contributed by atoms with Crippen LogP contribution in [-0.4, -0.2) is 89.9 Å². The van der Waals surface area contributed by atoms with E-state index in [-0.39, 0.29) is 78.0 Å². The number of amides is 6. The molecule has 4 rings (SSSR count). The topological polar surface area (TPSA) is 254 Å². The maximum Gasteiger partial charge on any atom is 0.417 e. The number of carboxylic acids is 1. The number of benzene rings is 4. The van der Waals surface area contributed by atoms with E-state index in [0.29, 0.717) is 41.8 Å². The highest BCUT2D eigenvalue weighted by atomic mass is 16.6. The number of imide groups is 1. The fourth-order valence-corrected chi connectivity index (χ4v) is 6.75. The van der Waals surface area contributed by atoms with Crippen molar-refractivity contribution in [1.29, 1.82) is 0 Å². The van der Waals surface area contributed by atoms with Crippen LogP contribution in [0.25, 0.3) is 0 Å². The van der Waals surface area contributed by atoms with Crippen molar-refractivity contribution in [3.8, 4) is 0 Å². The Morgan fingerprint density at radius 1 is 0.485 bits per heavy atom. The molecule has 7 N–H and O–H groups in total. The van der Waals surface area contributed by atoms with Gasteiger partial charge < -0.3 is 51.1 Å². The molecule has 0 bridgehead atoms. The molecule has 3 atom stereocenters. The number of hydrogen-bond acceptors (Lipinski definition) is 12. The number of alkyl carbamates (subject to hydrolysis) is 3. The zero-order chi connectivity index (χ0) is 48.8. The van der Waals surface area contributed by atoms with E-state index in [0.717, 1.165) is 11.1 Å². The van der Waals surface area contributed by atoms with Gasteiger partial charge in [0, 0.05) is 13.1 Å². The van der Waals surface area contributed by atoms with Crippen molar-refractivity contribution in [2.75, 3.05) is 19.6 Å². The molecule has 0 heterocycles. The van der Waals surface area contributed by atoms with E-state index in [1.54, 1.807) is 72.8 Å². The van der Waals surface area contributed by atoms with Crippen LogP contribution in [0.3, 0.4) is 0 Å². The van der Waals surface area contributed by atoms with E-state index in [1.807, 2.05) is 48.5 Å². The van der Waals surface area contributed by atoms with Crippen LogP contribution in [-0.2, 0) is 59.8 Å². The van der Waals surface area contributed by atoms with Crippen molar-refractivity contribution in [3.63, 3.8) is 0 Å². The molecule has 0 aliphatic carbocycles. The minimum Gasteiger partial charge on any atom is -0.480 e. The lowest BCUT2D eigenvalue weighted by Gasteiger charge is -2.32. The number of nitrogens with zero attached hydrogens (tertiary/aromatic N) is 1. The summed E-state index contributed by atoms with van der Waals surface area (Å²) in [6, 6.07) is 31.1. The Hall–Kier alpha value is -7.47. The molecule has 0 saturated heterocycles. The van der Waals surface area contributed by atoms with Gasteiger partial charge in [0.05, 0.1) is 0 Å². The van der Waals surface area contributed by atoms with Gasteiger partial charge in [-0.25, -0.2) is 28.9 Å². The summed E-state index contributed by atoms with van der Waals surface area (Å²) in [7, 11) is 0. The van der Waals surface area contributed by atoms with E-state index in [4.69, 9.17) is 24.7 Å². The summed E-state index contributed by atoms with van der Waals surface area (Å²) in [4.78, 5) is 94.9. The molecule has 4 aromatic rings. The number of ether oxygens (including phenoxy) is 4. The first-order valence-corrected chi connectivity index (χ1v) is 22.7. The van der Waals surface area contributed by atoms with Crippen LogP contribution in [0.15, 0.2) is 121 Å². The zero-order valence-corrected chi connectivity index (χ0v) is 38.1. The molecular formula is C50H62N6O12. The highest BCUT2D eigenvalue weighted by Gasteiger charge is 2.40. The summed E-state index contributed by atoms with van der Waals surface area (Å²) >= 11 is 0. The number of nitrogens with two attached hydrogens (primary N) is 1. The van der Waals surface area contributed by atoms with Gasteiger partial charge in [-0.05, 0) is 86.6 Å². The van der Waals surface area contributed by atoms with Gasteiger partial charge in [-0.2, -0.15) is 0 Å². The summed E-state index contributed by atoms with van der Waals surface area (Å²) in [6.07, 6.45) is -2.10. The summed E-state index contributed by atoms with van der Waals surface area (Å²) in [5.74, 6) is -3.34. The minimum absolute atomic E-state index is 0.0116. The molecule has 0 aliphatic heterocycles. The minimum atomic E-state index is -1.65. The van der Waals surface area contributed by atoms with Gasteiger partial charge in [0.15, 0.2) is 0 Å². The summed E-state index contributed by atoms with van der Waals surface area (Å²) < 4.78 is 21.7. The highest BCUT2D eigenvalue weighted by molar-refractivity contribution is 6.01. The Morgan fingerprint density at radius 3 is 1.32 bits per heavy atom. The van der Waals surface area contributed by atoms with Crippen molar-refractivity contribution >= 4 is 42.2 Å². The largest absolute Gasteiger partial charge is 0.480 e. The molecule has 0 aromatic heterocycles. The average Bonchev–Trinajstić information content (AvgIpc) is 3.36. The van der Waals surface area contributed by atoms with Crippen LogP contribution < -0.4 is 27.0 Å². The average molecular weight is 939 g/mol. The Bertz CT molecular complexity index is 2150. The van der Waals surface area contributed by atoms with Crippen LogP contribution in [0.2, 0.25) is 0 Å². The Kier molecular flexibility index (Phi) is 24.0. The number of unbranched alkanes of at least 4 members (excludes halogenated alkanes) is 3. The molecule has 68 heavy (non-hydrogen) atoms. The smallest absolute Gasteiger partial charge is 0.417 e. The van der Waals surface area contributed by atoms with Gasteiger partial charge in [0.2, 0.25) is 5.91 Å². The second-order valence-corrected chi connectivity index (χ2v) is 15.7. The first-order valence-electron chi connectivity index (χ1n) is 22.7. The predicted molar refractivity (Wildman–Crippen MR) is 250 cm³/mol. The standard InChI is InChI=1S/C50H62N6O12/c51-30-16-13-28-42(46(59)60)54-44(57)43(29-15-18-32-53-48(62)66-34-38-21-7-2-8-22-38)56(50(64)68-36-40-25-11-4-12-26-40)45(58)41(55-49(63)67-35-39-23-9-3-10-24-39)27-14-17-31-52-47(61)65-33-37-19-5-1-6-20-37/h1-12,19-26,41-43H,13-18,27-36,51H2,(H,52,61)(H,53,62)(H,54,57)(H,55,63)(H,59,60)/t41-,42-,43-/m0/s1. The summed E-state index contributed by atoms with van der Waals surface area (Å²) in [5.41, 5.74) is 8.46. The van der Waals surface area contributed by atoms with E-state index in [1.165, 1.54) is 0 Å². The second kappa shape index (κ2) is 30.7. The number of carbonyl (C=O) groups is 7. The molecule has 0 fully saturated rings. The van der Waals surface area contributed by atoms with Crippen molar-refractivity contribution in [1.82, 2.24) is 26.2 Å². The summed E-state index contributed by atoms with van der Waals surface area (Å²) in [5, 5.41) is 20.5. The van der Waals surface area contributed by atoms with Gasteiger partial charge in [-0.1, -0.05) is 121 Å². The normalized spacial score (nSPS) is 12.0. The maximum absolute atomic E-state index is 14.9. The molecule has 0 spiro atoms. The third-order valence-electron chi connectivity index (χ3n) is 10.4. The molecule has 18 nitrogen and oxygen atoms in total. The number of aliphatic carboxylic acids is 1. The van der Waals surface area contributed by atoms with Crippen molar-refractivity contribution < 1.29 is 57.6 Å². The molecule has 0 unspecified atom stereocenters. The highest BCUT2D eigenvalue weighted by Crippen LogP contribution is 2.18. The maximum atomic E-state index is 14.9. The SMILES string of the molecule is NCCCC[C@H](NC(=O)[C@H](CCCCNC(=O)OCc1ccccc1)N(C(=O)OCc1ccccc1)C(=O)[C@H](CCCCNC(=O)OCc1ccccc1)NC(=O)OCc1ccccc1)C(=O)O. The monoisotopic (exact) mass is 938 g/mol. The lowest BCUT2D eigenvalue weighted by atomic mass is 10.0. The quantitative estimate of drug-likeness (QED) is 0.0256. The number of rotatable bonds is 28. The van der Waals surface area contributed by atoms with Crippen LogP contribution in [0.5, 0.6) is 0 Å². The lowest BCUT2D eigenvalue weighted by molar-refractivity contribution is -0.144. The van der Waals surface area contributed by atoms with E-state index in [9.17, 15) is 38.7 Å². The van der Waals surface area contributed by atoms with E-state index in [2.05, 4.69) is 21.3 Å². The second-order valence-electron chi connectivity index (χ2n) is 15.7. The molecule has 0 saturated carbocycles. The van der Waals surface area contributed by atoms with E-state index < -0.39 is 60.3 Å². The molecule has 0 radical (unpaired) electrons. The molecule has 4 aromatic carbocycles. The van der Waals surface area contributed by atoms with Crippen LogP contribution in [0.1, 0.15) is 80.0 Å². The molecule has 6 amide bonds. The third kappa shape index (κ3) is 20.4. The predicted octanol–water partition coefficient (Wildman–Crippen LogP) is 6.71. The van der Waals surface area contributed by atoms with Crippen LogP contribution in [0.4, 0.5) is 19.2 Å². The zero-order valence-electron chi connectivity index (χ0n) is 38.1. The van der Waals surface area contributed by atoms with Gasteiger partial charge in [0.1, 0.15) is 44.6 Å². The number of carboxylic acid groups (broad SMARTS) is 1. The van der Waals surface area contributed by atoms with Crippen molar-refractivity contribution in [2.24, 2.45) is 5.73 Å². The Labute approximate surface area is 396 Å². The van der Waals surface area contributed by atoms with Gasteiger partial charge in [-0.15, -0.1) is 0 Å². The Morgan fingerprint density at radius 2 is 0.882 bits per heavy atom. The molecule has 0 aliphatic rings. The fourth-order valence-electron chi connectivity index (χ4n) is 6.75. The van der Waals surface area contributed by atoms with Gasteiger partial charge in [-0.3, -0.25) is 9.59 Å². The first kappa shape index (κ1) is 53.1. The number of hydrogen-bond donors (Lipinski definition) is 6. The number of nitrogens with one attached hydrogen (secondary N) is 4. The molecule has 364 valence electrons. The Balaban J connectivity index is 1.57. The summed E-state index contributed by atoms with van der Waals surface area (Å²) in [6.45, 7) is 0.175. The fraction of sp³-hybridized carbons (Fsp3) is 0.380. The number of carbonyl (C=O) groups excluding carboxylic acids is 6. The van der Waals surface area contributed by atoms with Crippen LogP contribution >= 0.6 is 0 Å². The lowest BCUT2D eigenvalue weighted by Crippen LogP contribution is -2.59. The van der Waals surface area contributed by atoms with Gasteiger partial charge in [0.25, 0.3) is 5.91 Å². The first-order chi connectivity index (χ1) is 33.0. The molecular weight excluding hydrogens is 877 g/mol. The van der Waals surface area contributed by atoms with Crippen molar-refractivity contribution in [3.05, 3.63) is 144 Å². The third-order valence-corrected chi connectivity index (χ3v) is 10.4.